The Morgan fingerprint density at radius 1 is 1.23 bits per heavy atom. The summed E-state index contributed by atoms with van der Waals surface area (Å²) in [6, 6.07) is 0. The van der Waals surface area contributed by atoms with Gasteiger partial charge in [-0.2, -0.15) is 0 Å². The average Bonchev–Trinajstić information content (AvgIpc) is 2.01. The van der Waals surface area contributed by atoms with Gasteiger partial charge in [-0.05, 0) is 0 Å². The summed E-state index contributed by atoms with van der Waals surface area (Å²) in [5.41, 5.74) is 0. The molecule has 0 aromatic carbocycles. The zero-order chi connectivity index (χ0) is 10.2. The van der Waals surface area contributed by atoms with E-state index in [9.17, 15) is 4.57 Å². The van der Waals surface area contributed by atoms with Gasteiger partial charge in [0.15, 0.2) is 0 Å². The Hall–Kier alpha value is -0.370. The lowest BCUT2D eigenvalue weighted by molar-refractivity contribution is 0.0658. The van der Waals surface area contributed by atoms with Crippen LogP contribution < -0.4 is 0 Å². The molecular weight excluding hydrogens is 195 g/mol. The summed E-state index contributed by atoms with van der Waals surface area (Å²) >= 11 is 0. The first-order valence-electron chi connectivity index (χ1n) is 3.70. The molecular formula is C7H13O5P. The van der Waals surface area contributed by atoms with E-state index in [0.29, 0.717) is 13.2 Å². The lowest BCUT2D eigenvalue weighted by Crippen LogP contribution is -2.07. The van der Waals surface area contributed by atoms with E-state index in [-0.39, 0.29) is 19.4 Å². The SMILES string of the molecule is C#CCOCCOCCP(=O)(O)O. The first kappa shape index (κ1) is 12.6. The van der Waals surface area contributed by atoms with Crippen LogP contribution in [0.25, 0.3) is 0 Å². The number of ether oxygens (including phenoxy) is 2. The predicted molar refractivity (Wildman–Crippen MR) is 47.4 cm³/mol. The van der Waals surface area contributed by atoms with Crippen LogP contribution >= 0.6 is 7.60 Å². The predicted octanol–water partition coefficient (Wildman–Crippen LogP) is -0.170. The molecule has 13 heavy (non-hydrogen) atoms. The van der Waals surface area contributed by atoms with Crippen molar-refractivity contribution in [1.82, 2.24) is 0 Å². The summed E-state index contributed by atoms with van der Waals surface area (Å²) in [6.45, 7) is 0.887. The van der Waals surface area contributed by atoms with E-state index in [0.717, 1.165) is 0 Å². The fourth-order valence-electron chi connectivity index (χ4n) is 0.534. The fourth-order valence-corrected chi connectivity index (χ4v) is 0.901. The van der Waals surface area contributed by atoms with Gasteiger partial charge in [0, 0.05) is 0 Å². The molecule has 0 rings (SSSR count). The van der Waals surface area contributed by atoms with Gasteiger partial charge in [-0.25, -0.2) is 0 Å². The highest BCUT2D eigenvalue weighted by Crippen LogP contribution is 2.33. The van der Waals surface area contributed by atoms with Crippen LogP contribution in [0.2, 0.25) is 0 Å². The molecule has 0 spiro atoms. The molecule has 0 aliphatic heterocycles. The Labute approximate surface area is 77.2 Å². The summed E-state index contributed by atoms with van der Waals surface area (Å²) in [5.74, 6) is 2.28. The highest BCUT2D eigenvalue weighted by atomic mass is 31.2. The molecule has 0 unspecified atom stereocenters. The first-order chi connectivity index (χ1) is 6.06. The standard InChI is InChI=1S/C7H13O5P/c1-2-3-11-4-5-12-6-7-13(8,9)10/h1H,3-7H2,(H2,8,9,10). The van der Waals surface area contributed by atoms with Crippen LogP contribution in [0.4, 0.5) is 0 Å². The lowest BCUT2D eigenvalue weighted by Gasteiger charge is -2.04. The van der Waals surface area contributed by atoms with Crippen molar-refractivity contribution in [2.75, 3.05) is 32.6 Å². The third kappa shape index (κ3) is 11.6. The minimum atomic E-state index is -3.93. The maximum Gasteiger partial charge on any atom is 0.327 e. The zero-order valence-electron chi connectivity index (χ0n) is 7.18. The number of hydrogen-bond acceptors (Lipinski definition) is 3. The van der Waals surface area contributed by atoms with Crippen molar-refractivity contribution in [3.05, 3.63) is 0 Å². The summed E-state index contributed by atoms with van der Waals surface area (Å²) in [7, 11) is -3.93. The number of rotatable bonds is 7. The maximum absolute atomic E-state index is 10.3. The lowest BCUT2D eigenvalue weighted by atomic mass is 10.7. The van der Waals surface area contributed by atoms with Gasteiger partial charge in [0.05, 0.1) is 26.0 Å². The van der Waals surface area contributed by atoms with Gasteiger partial charge in [0.1, 0.15) is 6.61 Å². The molecule has 0 radical (unpaired) electrons. The maximum atomic E-state index is 10.3. The van der Waals surface area contributed by atoms with Crippen molar-refractivity contribution in [3.63, 3.8) is 0 Å². The number of hydrogen-bond donors (Lipinski definition) is 2. The molecule has 0 bridgehead atoms. The molecule has 76 valence electrons. The monoisotopic (exact) mass is 208 g/mol. The molecule has 0 atom stereocenters. The van der Waals surface area contributed by atoms with E-state index in [1.54, 1.807) is 0 Å². The van der Waals surface area contributed by atoms with E-state index in [2.05, 4.69) is 5.92 Å². The van der Waals surface area contributed by atoms with E-state index < -0.39 is 7.60 Å². The van der Waals surface area contributed by atoms with Crippen LogP contribution in [-0.4, -0.2) is 42.4 Å². The summed E-state index contributed by atoms with van der Waals surface area (Å²) in [5, 5.41) is 0. The largest absolute Gasteiger partial charge is 0.378 e. The molecule has 0 amide bonds. The first-order valence-corrected chi connectivity index (χ1v) is 5.49. The third-order valence-corrected chi connectivity index (χ3v) is 1.85. The molecule has 0 fully saturated rings. The number of terminal acetylenes is 1. The second kappa shape index (κ2) is 7.07. The highest BCUT2D eigenvalue weighted by molar-refractivity contribution is 7.51. The van der Waals surface area contributed by atoms with Crippen molar-refractivity contribution >= 4 is 7.60 Å². The minimum absolute atomic E-state index is 0.0314. The van der Waals surface area contributed by atoms with E-state index in [1.807, 2.05) is 0 Å². The summed E-state index contributed by atoms with van der Waals surface area (Å²) in [6.07, 6.45) is 4.65. The second-order valence-electron chi connectivity index (χ2n) is 2.26. The van der Waals surface area contributed by atoms with Gasteiger partial charge in [0.25, 0.3) is 0 Å². The van der Waals surface area contributed by atoms with Crippen molar-refractivity contribution in [2.45, 2.75) is 0 Å². The third-order valence-electron chi connectivity index (χ3n) is 1.08. The van der Waals surface area contributed by atoms with Gasteiger partial charge >= 0.3 is 7.60 Å². The summed E-state index contributed by atoms with van der Waals surface area (Å²) < 4.78 is 20.1. The average molecular weight is 208 g/mol. The van der Waals surface area contributed by atoms with E-state index in [4.69, 9.17) is 25.7 Å². The van der Waals surface area contributed by atoms with Gasteiger partial charge in [0.2, 0.25) is 0 Å². The molecule has 0 saturated carbocycles. The Bertz CT molecular complexity index is 203. The molecule has 0 aromatic heterocycles. The Kier molecular flexibility index (Phi) is 6.87. The topological polar surface area (TPSA) is 76.0 Å². The Morgan fingerprint density at radius 3 is 2.38 bits per heavy atom. The molecule has 0 aliphatic rings. The Morgan fingerprint density at radius 2 is 1.85 bits per heavy atom. The van der Waals surface area contributed by atoms with Crippen molar-refractivity contribution in [2.24, 2.45) is 0 Å². The minimum Gasteiger partial charge on any atom is -0.378 e. The van der Waals surface area contributed by atoms with Crippen LogP contribution in [0.1, 0.15) is 0 Å². The quantitative estimate of drug-likeness (QED) is 0.345. The zero-order valence-corrected chi connectivity index (χ0v) is 8.07. The summed E-state index contributed by atoms with van der Waals surface area (Å²) in [4.78, 5) is 16.9. The van der Waals surface area contributed by atoms with Gasteiger partial charge in [-0.15, -0.1) is 6.42 Å². The molecule has 2 N–H and O–H groups in total. The van der Waals surface area contributed by atoms with Crippen LogP contribution in [-0.2, 0) is 14.0 Å². The fraction of sp³-hybridized carbons (Fsp3) is 0.714. The smallest absolute Gasteiger partial charge is 0.327 e. The molecule has 6 heteroatoms. The van der Waals surface area contributed by atoms with Crippen LogP contribution in [0.5, 0.6) is 0 Å². The van der Waals surface area contributed by atoms with Gasteiger partial charge in [-0.1, -0.05) is 5.92 Å². The van der Waals surface area contributed by atoms with Crippen LogP contribution in [0.3, 0.4) is 0 Å². The second-order valence-corrected chi connectivity index (χ2v) is 4.03. The van der Waals surface area contributed by atoms with Crippen molar-refractivity contribution < 1.29 is 23.8 Å². The molecule has 5 nitrogen and oxygen atoms in total. The van der Waals surface area contributed by atoms with E-state index >= 15 is 0 Å². The van der Waals surface area contributed by atoms with Crippen LogP contribution in [0, 0.1) is 12.3 Å². The molecule has 0 heterocycles. The molecule has 0 aliphatic carbocycles. The van der Waals surface area contributed by atoms with Crippen molar-refractivity contribution in [3.8, 4) is 12.3 Å². The Balaban J connectivity index is 3.10. The van der Waals surface area contributed by atoms with Gasteiger partial charge < -0.3 is 19.3 Å². The van der Waals surface area contributed by atoms with Gasteiger partial charge in [-0.3, -0.25) is 4.57 Å². The molecule has 0 saturated heterocycles. The molecule has 0 aromatic rings. The van der Waals surface area contributed by atoms with E-state index in [1.165, 1.54) is 0 Å². The highest BCUT2D eigenvalue weighted by Gasteiger charge is 2.11. The van der Waals surface area contributed by atoms with Crippen molar-refractivity contribution in [1.29, 1.82) is 0 Å². The normalized spacial score (nSPS) is 11.2. The van der Waals surface area contributed by atoms with Crippen LogP contribution in [0.15, 0.2) is 0 Å².